The van der Waals surface area contributed by atoms with Gasteiger partial charge in [0.15, 0.2) is 0 Å². The lowest BCUT2D eigenvalue weighted by Crippen LogP contribution is -2.13. The summed E-state index contributed by atoms with van der Waals surface area (Å²) in [7, 11) is 0. The molecule has 110 valence electrons. The van der Waals surface area contributed by atoms with Gasteiger partial charge in [0, 0.05) is 0 Å². The molecule has 0 radical (unpaired) electrons. The SMILES string of the molecule is C=C1C(=C)C(c2c(C)cccc2C)=C1c1c(C)cccc1C. The average Bonchev–Trinajstić information content (AvgIpc) is 2.48. The smallest absolute Gasteiger partial charge is 0.00212 e. The second-order valence-corrected chi connectivity index (χ2v) is 6.24. The highest BCUT2D eigenvalue weighted by atomic mass is 14.3. The molecule has 0 nitrogen and oxygen atoms in total. The summed E-state index contributed by atoms with van der Waals surface area (Å²) in [5, 5.41) is 0. The van der Waals surface area contributed by atoms with E-state index in [1.54, 1.807) is 0 Å². The number of hydrogen-bond acceptors (Lipinski definition) is 0. The first-order chi connectivity index (χ1) is 10.4. The Morgan fingerprint density at radius 2 is 0.818 bits per heavy atom. The number of rotatable bonds is 2. The summed E-state index contributed by atoms with van der Waals surface area (Å²) in [4.78, 5) is 0. The summed E-state index contributed by atoms with van der Waals surface area (Å²) in [5.74, 6) is 0. The predicted octanol–water partition coefficient (Wildman–Crippen LogP) is 5.96. The zero-order chi connectivity index (χ0) is 16.0. The molecule has 0 unspecified atom stereocenters. The van der Waals surface area contributed by atoms with Crippen LogP contribution in [0.4, 0.5) is 0 Å². The van der Waals surface area contributed by atoms with Crippen LogP contribution in [0.1, 0.15) is 33.4 Å². The van der Waals surface area contributed by atoms with E-state index < -0.39 is 0 Å². The molecule has 1 aliphatic carbocycles. The third-order valence-corrected chi connectivity index (χ3v) is 4.68. The standard InChI is InChI=1S/C22H22/c1-13-9-7-10-14(2)19(13)21-17(5)18(6)22(21)20-15(3)11-8-12-16(20)4/h7-12H,5-6H2,1-4H3. The van der Waals surface area contributed by atoms with E-state index in [4.69, 9.17) is 0 Å². The molecule has 3 rings (SSSR count). The molecular formula is C22H22. The Labute approximate surface area is 133 Å². The molecule has 0 heteroatoms. The molecule has 1 aliphatic rings. The number of allylic oxidation sites excluding steroid dienone is 4. The number of hydrogen-bond donors (Lipinski definition) is 0. The summed E-state index contributed by atoms with van der Waals surface area (Å²) >= 11 is 0. The second-order valence-electron chi connectivity index (χ2n) is 6.24. The Balaban J connectivity index is 2.36. The maximum Gasteiger partial charge on any atom is -0.00212 e. The minimum atomic E-state index is 1.08. The lowest BCUT2D eigenvalue weighted by molar-refractivity contribution is 1.29. The van der Waals surface area contributed by atoms with Crippen LogP contribution in [0, 0.1) is 27.7 Å². The van der Waals surface area contributed by atoms with Gasteiger partial charge in [-0.3, -0.25) is 0 Å². The van der Waals surface area contributed by atoms with Crippen LogP contribution in [0.5, 0.6) is 0 Å². The Morgan fingerprint density at radius 1 is 0.545 bits per heavy atom. The van der Waals surface area contributed by atoms with Gasteiger partial charge in [-0.05, 0) is 83.4 Å². The molecule has 0 aliphatic heterocycles. The monoisotopic (exact) mass is 286 g/mol. The van der Waals surface area contributed by atoms with Crippen molar-refractivity contribution in [2.24, 2.45) is 0 Å². The van der Waals surface area contributed by atoms with Crippen LogP contribution in [0.3, 0.4) is 0 Å². The topological polar surface area (TPSA) is 0 Å². The first kappa shape index (κ1) is 14.6. The van der Waals surface area contributed by atoms with E-state index in [0.717, 1.165) is 11.1 Å². The fraction of sp³-hybridized carbons (Fsp3) is 0.182. The molecule has 2 aromatic rings. The van der Waals surface area contributed by atoms with Crippen molar-refractivity contribution in [2.75, 3.05) is 0 Å². The van der Waals surface area contributed by atoms with Crippen LogP contribution in [0.25, 0.3) is 11.1 Å². The first-order valence-corrected chi connectivity index (χ1v) is 7.70. The summed E-state index contributed by atoms with van der Waals surface area (Å²) < 4.78 is 0. The number of aryl methyl sites for hydroxylation is 4. The lowest BCUT2D eigenvalue weighted by Gasteiger charge is -2.33. The van der Waals surface area contributed by atoms with Gasteiger partial charge < -0.3 is 0 Å². The van der Waals surface area contributed by atoms with E-state index in [1.165, 1.54) is 44.5 Å². The second kappa shape index (κ2) is 5.14. The van der Waals surface area contributed by atoms with Gasteiger partial charge in [-0.1, -0.05) is 49.6 Å². The van der Waals surface area contributed by atoms with Crippen molar-refractivity contribution >= 4 is 11.1 Å². The van der Waals surface area contributed by atoms with Crippen molar-refractivity contribution in [3.63, 3.8) is 0 Å². The molecular weight excluding hydrogens is 264 g/mol. The largest absolute Gasteiger partial charge is 0.0905 e. The Morgan fingerprint density at radius 3 is 1.09 bits per heavy atom. The maximum absolute atomic E-state index is 4.26. The predicted molar refractivity (Wildman–Crippen MR) is 96.9 cm³/mol. The molecule has 0 fully saturated rings. The van der Waals surface area contributed by atoms with Gasteiger partial charge in [0.25, 0.3) is 0 Å². The van der Waals surface area contributed by atoms with Gasteiger partial charge in [-0.2, -0.15) is 0 Å². The fourth-order valence-corrected chi connectivity index (χ4v) is 3.51. The highest BCUT2D eigenvalue weighted by Gasteiger charge is 2.31. The molecule has 2 aromatic carbocycles. The summed E-state index contributed by atoms with van der Waals surface area (Å²) in [6, 6.07) is 12.9. The third kappa shape index (κ3) is 1.99. The Hall–Kier alpha value is -2.34. The van der Waals surface area contributed by atoms with Gasteiger partial charge in [0.2, 0.25) is 0 Å². The molecule has 0 bridgehead atoms. The van der Waals surface area contributed by atoms with Gasteiger partial charge >= 0.3 is 0 Å². The fourth-order valence-electron chi connectivity index (χ4n) is 3.51. The van der Waals surface area contributed by atoms with Crippen LogP contribution in [0.15, 0.2) is 60.7 Å². The molecule has 0 amide bonds. The van der Waals surface area contributed by atoms with E-state index in [1.807, 2.05) is 0 Å². The summed E-state index contributed by atoms with van der Waals surface area (Å²) in [6.45, 7) is 17.2. The zero-order valence-electron chi connectivity index (χ0n) is 13.9. The van der Waals surface area contributed by atoms with Crippen molar-refractivity contribution in [2.45, 2.75) is 27.7 Å². The average molecular weight is 286 g/mol. The molecule has 0 N–H and O–H groups in total. The third-order valence-electron chi connectivity index (χ3n) is 4.68. The van der Waals surface area contributed by atoms with Crippen LogP contribution in [-0.2, 0) is 0 Å². The molecule has 22 heavy (non-hydrogen) atoms. The van der Waals surface area contributed by atoms with Crippen LogP contribution < -0.4 is 0 Å². The minimum Gasteiger partial charge on any atom is -0.0905 e. The van der Waals surface area contributed by atoms with Crippen LogP contribution in [-0.4, -0.2) is 0 Å². The van der Waals surface area contributed by atoms with Crippen molar-refractivity contribution in [3.05, 3.63) is 94.1 Å². The van der Waals surface area contributed by atoms with E-state index in [9.17, 15) is 0 Å². The van der Waals surface area contributed by atoms with E-state index in [2.05, 4.69) is 77.3 Å². The lowest BCUT2D eigenvalue weighted by atomic mass is 9.70. The zero-order valence-corrected chi connectivity index (χ0v) is 13.9. The quantitative estimate of drug-likeness (QED) is 0.639. The molecule has 0 saturated carbocycles. The van der Waals surface area contributed by atoms with E-state index >= 15 is 0 Å². The normalized spacial score (nSPS) is 14.4. The van der Waals surface area contributed by atoms with Crippen molar-refractivity contribution in [1.82, 2.24) is 0 Å². The van der Waals surface area contributed by atoms with Crippen molar-refractivity contribution < 1.29 is 0 Å². The van der Waals surface area contributed by atoms with Crippen LogP contribution >= 0.6 is 0 Å². The van der Waals surface area contributed by atoms with Gasteiger partial charge in [0.05, 0.1) is 0 Å². The Bertz CT molecular complexity index is 732. The Kier molecular flexibility index (Phi) is 3.41. The van der Waals surface area contributed by atoms with Crippen LogP contribution in [0.2, 0.25) is 0 Å². The van der Waals surface area contributed by atoms with E-state index in [-0.39, 0.29) is 0 Å². The maximum atomic E-state index is 4.26. The van der Waals surface area contributed by atoms with Crippen molar-refractivity contribution in [3.8, 4) is 0 Å². The molecule has 0 spiro atoms. The van der Waals surface area contributed by atoms with Gasteiger partial charge in [0.1, 0.15) is 0 Å². The molecule has 0 heterocycles. The first-order valence-electron chi connectivity index (χ1n) is 7.70. The highest BCUT2D eigenvalue weighted by Crippen LogP contribution is 2.52. The van der Waals surface area contributed by atoms with Gasteiger partial charge in [-0.15, -0.1) is 0 Å². The van der Waals surface area contributed by atoms with Crippen molar-refractivity contribution in [1.29, 1.82) is 0 Å². The van der Waals surface area contributed by atoms with Gasteiger partial charge in [-0.25, -0.2) is 0 Å². The minimum absolute atomic E-state index is 1.08. The molecule has 0 atom stereocenters. The highest BCUT2D eigenvalue weighted by molar-refractivity contribution is 6.19. The molecule has 0 aromatic heterocycles. The van der Waals surface area contributed by atoms with E-state index in [0.29, 0.717) is 0 Å². The summed E-state index contributed by atoms with van der Waals surface area (Å²) in [5.41, 5.74) is 12.5. The number of benzene rings is 2. The summed E-state index contributed by atoms with van der Waals surface area (Å²) in [6.07, 6.45) is 0. The molecule has 0 saturated heterocycles.